The van der Waals surface area contributed by atoms with Gasteiger partial charge in [-0.25, -0.2) is 0 Å². The summed E-state index contributed by atoms with van der Waals surface area (Å²) in [5, 5.41) is 0. The zero-order chi connectivity index (χ0) is 11.4. The third kappa shape index (κ3) is 2.43. The molecule has 2 aromatic rings. The average molecular weight is 211 g/mol. The largest absolute Gasteiger partial charge is 0.399 e. The maximum atomic E-state index is 5.68. The van der Waals surface area contributed by atoms with Gasteiger partial charge >= 0.3 is 0 Å². The SMILES string of the molecule is CCCc1cccc(-c2ccc(N)cc2)c1. The second kappa shape index (κ2) is 4.84. The number of nitrogen functional groups attached to an aromatic ring is 1. The van der Waals surface area contributed by atoms with Gasteiger partial charge in [0, 0.05) is 5.69 Å². The summed E-state index contributed by atoms with van der Waals surface area (Å²) in [6.07, 6.45) is 2.33. The summed E-state index contributed by atoms with van der Waals surface area (Å²) in [6.45, 7) is 2.20. The van der Waals surface area contributed by atoms with Crippen LogP contribution in [0.5, 0.6) is 0 Å². The molecule has 2 N–H and O–H groups in total. The van der Waals surface area contributed by atoms with Crippen molar-refractivity contribution in [2.75, 3.05) is 5.73 Å². The first-order valence-electron chi connectivity index (χ1n) is 5.74. The number of benzene rings is 2. The van der Waals surface area contributed by atoms with E-state index in [2.05, 4.69) is 43.3 Å². The Balaban J connectivity index is 2.32. The summed E-state index contributed by atoms with van der Waals surface area (Å²) in [7, 11) is 0. The summed E-state index contributed by atoms with van der Waals surface area (Å²) in [4.78, 5) is 0. The summed E-state index contributed by atoms with van der Waals surface area (Å²) in [6, 6.07) is 16.7. The van der Waals surface area contributed by atoms with Crippen molar-refractivity contribution in [2.24, 2.45) is 0 Å². The molecule has 0 heterocycles. The smallest absolute Gasteiger partial charge is 0.0314 e. The van der Waals surface area contributed by atoms with Crippen LogP contribution in [0.2, 0.25) is 0 Å². The lowest BCUT2D eigenvalue weighted by molar-refractivity contribution is 0.922. The number of nitrogens with two attached hydrogens (primary N) is 1. The Kier molecular flexibility index (Phi) is 3.25. The number of anilines is 1. The molecule has 82 valence electrons. The van der Waals surface area contributed by atoms with Crippen molar-refractivity contribution in [1.82, 2.24) is 0 Å². The van der Waals surface area contributed by atoms with Crippen LogP contribution < -0.4 is 5.73 Å². The van der Waals surface area contributed by atoms with Crippen LogP contribution in [0.15, 0.2) is 48.5 Å². The molecule has 1 heteroatoms. The summed E-state index contributed by atoms with van der Waals surface area (Å²) < 4.78 is 0. The van der Waals surface area contributed by atoms with Gasteiger partial charge in [-0.3, -0.25) is 0 Å². The van der Waals surface area contributed by atoms with Crippen molar-refractivity contribution in [3.8, 4) is 11.1 Å². The molecule has 0 bridgehead atoms. The minimum atomic E-state index is 0.813. The van der Waals surface area contributed by atoms with E-state index in [1.54, 1.807) is 0 Å². The predicted octanol–water partition coefficient (Wildman–Crippen LogP) is 3.89. The highest BCUT2D eigenvalue weighted by atomic mass is 14.5. The Hall–Kier alpha value is -1.76. The molecular weight excluding hydrogens is 194 g/mol. The first-order chi connectivity index (χ1) is 7.79. The van der Waals surface area contributed by atoms with E-state index in [0.29, 0.717) is 0 Å². The van der Waals surface area contributed by atoms with Crippen LogP contribution >= 0.6 is 0 Å². The maximum Gasteiger partial charge on any atom is 0.0314 e. The Morgan fingerprint density at radius 1 is 0.938 bits per heavy atom. The summed E-state index contributed by atoms with van der Waals surface area (Å²) in [5.74, 6) is 0. The van der Waals surface area contributed by atoms with Crippen LogP contribution in [0.3, 0.4) is 0 Å². The molecule has 1 nitrogen and oxygen atoms in total. The Morgan fingerprint density at radius 2 is 1.69 bits per heavy atom. The molecule has 0 unspecified atom stereocenters. The zero-order valence-electron chi connectivity index (χ0n) is 9.61. The van der Waals surface area contributed by atoms with Crippen LogP contribution in [-0.2, 0) is 6.42 Å². The van der Waals surface area contributed by atoms with Gasteiger partial charge in [0.25, 0.3) is 0 Å². The van der Waals surface area contributed by atoms with Crippen molar-refractivity contribution in [2.45, 2.75) is 19.8 Å². The van der Waals surface area contributed by atoms with E-state index in [1.807, 2.05) is 12.1 Å². The van der Waals surface area contributed by atoms with Gasteiger partial charge < -0.3 is 5.73 Å². The molecule has 2 rings (SSSR count). The molecule has 0 aliphatic heterocycles. The molecule has 0 radical (unpaired) electrons. The standard InChI is InChI=1S/C15H17N/c1-2-4-12-5-3-6-14(11-12)13-7-9-15(16)10-8-13/h3,5-11H,2,4,16H2,1H3. The molecule has 0 saturated carbocycles. The molecule has 0 atom stereocenters. The van der Waals surface area contributed by atoms with Crippen molar-refractivity contribution in [3.63, 3.8) is 0 Å². The zero-order valence-corrected chi connectivity index (χ0v) is 9.61. The molecule has 2 aromatic carbocycles. The van der Waals surface area contributed by atoms with Gasteiger partial charge in [-0.05, 0) is 35.2 Å². The predicted molar refractivity (Wildman–Crippen MR) is 70.3 cm³/mol. The summed E-state index contributed by atoms with van der Waals surface area (Å²) >= 11 is 0. The second-order valence-electron chi connectivity index (χ2n) is 4.07. The van der Waals surface area contributed by atoms with Crippen LogP contribution in [0.1, 0.15) is 18.9 Å². The van der Waals surface area contributed by atoms with Crippen LogP contribution in [0, 0.1) is 0 Å². The van der Waals surface area contributed by atoms with Gasteiger partial charge in [-0.2, -0.15) is 0 Å². The molecule has 16 heavy (non-hydrogen) atoms. The Labute approximate surface area is 96.9 Å². The molecule has 0 saturated heterocycles. The maximum absolute atomic E-state index is 5.68. The fourth-order valence-corrected chi connectivity index (χ4v) is 1.87. The normalized spacial score (nSPS) is 10.3. The van der Waals surface area contributed by atoms with E-state index in [9.17, 15) is 0 Å². The van der Waals surface area contributed by atoms with Crippen LogP contribution in [0.4, 0.5) is 5.69 Å². The van der Waals surface area contributed by atoms with E-state index in [-0.39, 0.29) is 0 Å². The molecule has 0 aliphatic rings. The first-order valence-corrected chi connectivity index (χ1v) is 5.74. The third-order valence-corrected chi connectivity index (χ3v) is 2.71. The van der Waals surface area contributed by atoms with Gasteiger partial charge in [0.15, 0.2) is 0 Å². The van der Waals surface area contributed by atoms with Crippen LogP contribution in [0.25, 0.3) is 11.1 Å². The first kappa shape index (κ1) is 10.7. The third-order valence-electron chi connectivity index (χ3n) is 2.71. The molecule has 0 aromatic heterocycles. The van der Waals surface area contributed by atoms with Crippen molar-refractivity contribution in [1.29, 1.82) is 0 Å². The number of hydrogen-bond acceptors (Lipinski definition) is 1. The fourth-order valence-electron chi connectivity index (χ4n) is 1.87. The molecular formula is C15H17N. The van der Waals surface area contributed by atoms with E-state index < -0.39 is 0 Å². The van der Waals surface area contributed by atoms with Crippen molar-refractivity contribution >= 4 is 5.69 Å². The minimum absolute atomic E-state index is 0.813. The van der Waals surface area contributed by atoms with E-state index in [4.69, 9.17) is 5.73 Å². The number of aryl methyl sites for hydroxylation is 1. The van der Waals surface area contributed by atoms with Crippen molar-refractivity contribution < 1.29 is 0 Å². The van der Waals surface area contributed by atoms with E-state index in [1.165, 1.54) is 23.1 Å². The van der Waals surface area contributed by atoms with Gasteiger partial charge in [0.1, 0.15) is 0 Å². The highest BCUT2D eigenvalue weighted by Gasteiger charge is 1.98. The highest BCUT2D eigenvalue weighted by molar-refractivity contribution is 5.66. The van der Waals surface area contributed by atoms with E-state index >= 15 is 0 Å². The topological polar surface area (TPSA) is 26.0 Å². The lowest BCUT2D eigenvalue weighted by Crippen LogP contribution is -1.86. The molecule has 0 spiro atoms. The minimum Gasteiger partial charge on any atom is -0.399 e. The molecule has 0 amide bonds. The van der Waals surface area contributed by atoms with Crippen molar-refractivity contribution in [3.05, 3.63) is 54.1 Å². The second-order valence-corrected chi connectivity index (χ2v) is 4.07. The average Bonchev–Trinajstić information content (AvgIpc) is 2.31. The Morgan fingerprint density at radius 3 is 2.38 bits per heavy atom. The Bertz CT molecular complexity index is 457. The van der Waals surface area contributed by atoms with Gasteiger partial charge in [0.05, 0.1) is 0 Å². The summed E-state index contributed by atoms with van der Waals surface area (Å²) in [5.41, 5.74) is 10.4. The van der Waals surface area contributed by atoms with Gasteiger partial charge in [-0.1, -0.05) is 49.7 Å². The fraction of sp³-hybridized carbons (Fsp3) is 0.200. The lowest BCUT2D eigenvalue weighted by atomic mass is 10.0. The number of rotatable bonds is 3. The molecule has 0 aliphatic carbocycles. The highest BCUT2D eigenvalue weighted by Crippen LogP contribution is 2.21. The van der Waals surface area contributed by atoms with Gasteiger partial charge in [0.2, 0.25) is 0 Å². The van der Waals surface area contributed by atoms with E-state index in [0.717, 1.165) is 12.1 Å². The van der Waals surface area contributed by atoms with Crippen LogP contribution in [-0.4, -0.2) is 0 Å². The lowest BCUT2D eigenvalue weighted by Gasteiger charge is -2.05. The number of hydrogen-bond donors (Lipinski definition) is 1. The quantitative estimate of drug-likeness (QED) is 0.766. The monoisotopic (exact) mass is 211 g/mol. The van der Waals surface area contributed by atoms with Gasteiger partial charge in [-0.15, -0.1) is 0 Å². The molecule has 0 fully saturated rings.